The minimum absolute atomic E-state index is 0.300. The topological polar surface area (TPSA) is 61.9 Å². The second-order valence-corrected chi connectivity index (χ2v) is 7.72. The third kappa shape index (κ3) is 3.57. The highest BCUT2D eigenvalue weighted by Gasteiger charge is 2.49. The van der Waals surface area contributed by atoms with Crippen molar-refractivity contribution in [2.45, 2.75) is 19.1 Å². The Morgan fingerprint density at radius 2 is 1.79 bits per heavy atom. The fourth-order valence-corrected chi connectivity index (χ4v) is 3.69. The van der Waals surface area contributed by atoms with Crippen molar-refractivity contribution in [2.24, 2.45) is 0 Å². The largest absolute Gasteiger partial charge is 0.466 e. The molecule has 6 nitrogen and oxygen atoms in total. The molecule has 0 spiro atoms. The predicted molar refractivity (Wildman–Crippen MR) is 107 cm³/mol. The number of carbonyl (C=O) groups excluding carboxylic acids is 2. The number of piperazine rings is 1. The summed E-state index contributed by atoms with van der Waals surface area (Å²) in [5.41, 5.74) is 0.223. The van der Waals surface area contributed by atoms with Crippen LogP contribution in [0, 0.1) is 0 Å². The molecule has 1 saturated heterocycles. The number of nitrogens with one attached hydrogen (secondary N) is 1. The van der Waals surface area contributed by atoms with Crippen LogP contribution in [-0.4, -0.2) is 53.4 Å². The highest BCUT2D eigenvalue weighted by atomic mass is 35.5. The zero-order chi connectivity index (χ0) is 19.7. The zero-order valence-corrected chi connectivity index (χ0v) is 16.4. The van der Waals surface area contributed by atoms with Gasteiger partial charge in [-0.05, 0) is 36.8 Å². The molecule has 0 saturated carbocycles. The first kappa shape index (κ1) is 18.8. The van der Waals surface area contributed by atoms with Crippen LogP contribution in [0.4, 0.5) is 5.69 Å². The predicted octanol–water partition coefficient (Wildman–Crippen LogP) is 2.77. The van der Waals surface area contributed by atoms with Crippen molar-refractivity contribution >= 4 is 29.1 Å². The molecule has 0 aromatic heterocycles. The number of benzene rings is 2. The van der Waals surface area contributed by atoms with Crippen molar-refractivity contribution in [3.63, 3.8) is 0 Å². The first-order valence-electron chi connectivity index (χ1n) is 9.31. The summed E-state index contributed by atoms with van der Waals surface area (Å²) in [5, 5.41) is 3.51. The molecule has 0 radical (unpaired) electrons. The summed E-state index contributed by atoms with van der Waals surface area (Å²) in [5.74, 6) is -0.218. The number of anilines is 1. The van der Waals surface area contributed by atoms with Gasteiger partial charge >= 0.3 is 0 Å². The molecule has 2 aromatic carbocycles. The Hall–Kier alpha value is -2.57. The van der Waals surface area contributed by atoms with Crippen LogP contribution < -0.4 is 10.1 Å². The Bertz CT molecular complexity index is 894. The lowest BCUT2D eigenvalue weighted by Gasteiger charge is -2.40. The molecule has 1 unspecified atom stereocenters. The van der Waals surface area contributed by atoms with E-state index in [2.05, 4.69) is 10.2 Å². The van der Waals surface area contributed by atoms with Gasteiger partial charge in [0.25, 0.3) is 17.4 Å². The molecule has 7 heteroatoms. The van der Waals surface area contributed by atoms with E-state index >= 15 is 0 Å². The Morgan fingerprint density at radius 1 is 1.11 bits per heavy atom. The van der Waals surface area contributed by atoms with Gasteiger partial charge in [-0.3, -0.25) is 14.5 Å². The maximum Gasteiger partial charge on any atom is 0.278 e. The molecule has 2 aromatic rings. The van der Waals surface area contributed by atoms with Gasteiger partial charge in [0.2, 0.25) is 0 Å². The number of halogens is 1. The lowest BCUT2D eigenvalue weighted by atomic mass is 10.00. The number of fused-ring (bicyclic) bond motifs is 1. The minimum Gasteiger partial charge on any atom is -0.466 e. The van der Waals surface area contributed by atoms with Crippen LogP contribution in [0.5, 0.6) is 5.75 Å². The average Bonchev–Trinajstić information content (AvgIpc) is 2.70. The van der Waals surface area contributed by atoms with Gasteiger partial charge in [-0.2, -0.15) is 0 Å². The Labute approximate surface area is 169 Å². The molecule has 2 amide bonds. The SMILES string of the molecule is CC1(C(=O)N2CCN(Cc3ccc(Cl)cc3)CC2)Oc2ccccc2NC1=O. The highest BCUT2D eigenvalue weighted by Crippen LogP contribution is 2.34. The van der Waals surface area contributed by atoms with E-state index in [-0.39, 0.29) is 5.91 Å². The Balaban J connectivity index is 1.40. The number of nitrogens with zero attached hydrogens (tertiary/aromatic N) is 2. The van der Waals surface area contributed by atoms with Gasteiger partial charge < -0.3 is 15.0 Å². The smallest absolute Gasteiger partial charge is 0.278 e. The number of hydrogen-bond acceptors (Lipinski definition) is 4. The van der Waals surface area contributed by atoms with E-state index < -0.39 is 11.5 Å². The number of ether oxygens (including phenoxy) is 1. The Kier molecular flexibility index (Phi) is 5.00. The summed E-state index contributed by atoms with van der Waals surface area (Å²) in [4.78, 5) is 29.7. The molecular weight excluding hydrogens is 378 g/mol. The van der Waals surface area contributed by atoms with Crippen LogP contribution in [0.1, 0.15) is 12.5 Å². The molecule has 2 aliphatic rings. The van der Waals surface area contributed by atoms with Crippen molar-refractivity contribution in [1.82, 2.24) is 9.80 Å². The molecule has 28 heavy (non-hydrogen) atoms. The van der Waals surface area contributed by atoms with E-state index in [1.165, 1.54) is 5.56 Å². The second-order valence-electron chi connectivity index (χ2n) is 7.28. The lowest BCUT2D eigenvalue weighted by Crippen LogP contribution is -2.62. The first-order chi connectivity index (χ1) is 13.5. The Morgan fingerprint density at radius 3 is 2.50 bits per heavy atom. The standard InChI is InChI=1S/C21H22ClN3O3/c1-21(19(26)23-17-4-2-3-5-18(17)28-21)20(27)25-12-10-24(11-13-25)14-15-6-8-16(22)9-7-15/h2-9H,10-14H2,1H3,(H,23,26). The summed E-state index contributed by atoms with van der Waals surface area (Å²) in [6.45, 7) is 4.94. The van der Waals surface area contributed by atoms with Crippen LogP contribution in [0.25, 0.3) is 0 Å². The normalized spacial score (nSPS) is 22.2. The van der Waals surface area contributed by atoms with E-state index in [1.807, 2.05) is 36.4 Å². The summed E-state index contributed by atoms with van der Waals surface area (Å²) in [6.07, 6.45) is 0. The fraction of sp³-hybridized carbons (Fsp3) is 0.333. The number of rotatable bonds is 3. The molecule has 1 fully saturated rings. The summed E-state index contributed by atoms with van der Waals surface area (Å²) < 4.78 is 5.85. The third-order valence-corrected chi connectivity index (χ3v) is 5.52. The lowest BCUT2D eigenvalue weighted by molar-refractivity contribution is -0.155. The van der Waals surface area contributed by atoms with E-state index in [0.717, 1.165) is 24.7 Å². The monoisotopic (exact) mass is 399 g/mol. The van der Waals surface area contributed by atoms with Crippen LogP contribution in [-0.2, 0) is 16.1 Å². The van der Waals surface area contributed by atoms with E-state index in [9.17, 15) is 9.59 Å². The van der Waals surface area contributed by atoms with Crippen LogP contribution in [0.2, 0.25) is 5.02 Å². The number of para-hydroxylation sites is 2. The van der Waals surface area contributed by atoms with Gasteiger partial charge in [-0.1, -0.05) is 35.9 Å². The summed E-state index contributed by atoms with van der Waals surface area (Å²) in [6, 6.07) is 14.9. The van der Waals surface area contributed by atoms with Gasteiger partial charge in [0.15, 0.2) is 0 Å². The number of amides is 2. The maximum atomic E-state index is 13.1. The quantitative estimate of drug-likeness (QED) is 0.806. The van der Waals surface area contributed by atoms with Crippen molar-refractivity contribution in [3.05, 3.63) is 59.1 Å². The molecule has 2 heterocycles. The van der Waals surface area contributed by atoms with Gasteiger partial charge in [0.05, 0.1) is 5.69 Å². The van der Waals surface area contributed by atoms with E-state index in [0.29, 0.717) is 24.5 Å². The summed E-state index contributed by atoms with van der Waals surface area (Å²) in [7, 11) is 0. The van der Waals surface area contributed by atoms with Crippen molar-refractivity contribution in [1.29, 1.82) is 0 Å². The van der Waals surface area contributed by atoms with Crippen LogP contribution >= 0.6 is 11.6 Å². The summed E-state index contributed by atoms with van der Waals surface area (Å²) >= 11 is 5.94. The van der Waals surface area contributed by atoms with Gasteiger partial charge in [0.1, 0.15) is 5.75 Å². The van der Waals surface area contributed by atoms with E-state index in [4.69, 9.17) is 16.3 Å². The molecule has 0 bridgehead atoms. The van der Waals surface area contributed by atoms with Crippen molar-refractivity contribution in [3.8, 4) is 5.75 Å². The highest BCUT2D eigenvalue weighted by molar-refractivity contribution is 6.30. The molecule has 2 aliphatic heterocycles. The maximum absolute atomic E-state index is 13.1. The van der Waals surface area contributed by atoms with Crippen LogP contribution in [0.3, 0.4) is 0 Å². The molecular formula is C21H22ClN3O3. The van der Waals surface area contributed by atoms with Crippen molar-refractivity contribution < 1.29 is 14.3 Å². The second kappa shape index (κ2) is 7.45. The van der Waals surface area contributed by atoms with E-state index in [1.54, 1.807) is 24.0 Å². The molecule has 0 aliphatic carbocycles. The zero-order valence-electron chi connectivity index (χ0n) is 15.7. The average molecular weight is 400 g/mol. The molecule has 1 N–H and O–H groups in total. The van der Waals surface area contributed by atoms with Gasteiger partial charge in [0, 0.05) is 37.7 Å². The minimum atomic E-state index is -1.55. The third-order valence-electron chi connectivity index (χ3n) is 5.27. The van der Waals surface area contributed by atoms with Crippen molar-refractivity contribution in [2.75, 3.05) is 31.5 Å². The van der Waals surface area contributed by atoms with Gasteiger partial charge in [-0.25, -0.2) is 0 Å². The van der Waals surface area contributed by atoms with Gasteiger partial charge in [-0.15, -0.1) is 0 Å². The van der Waals surface area contributed by atoms with Crippen LogP contribution in [0.15, 0.2) is 48.5 Å². The molecule has 1 atom stereocenters. The molecule has 4 rings (SSSR count). The number of carbonyl (C=O) groups is 2. The molecule has 146 valence electrons. The number of hydrogen-bond donors (Lipinski definition) is 1. The first-order valence-corrected chi connectivity index (χ1v) is 9.69. The fourth-order valence-electron chi connectivity index (χ4n) is 3.57.